The molecular formula is C23H23N. The molecular weight excluding hydrogens is 290 g/mol. The minimum absolute atomic E-state index is 0.825. The van der Waals surface area contributed by atoms with Gasteiger partial charge in [-0.2, -0.15) is 0 Å². The molecule has 0 amide bonds. The molecule has 0 N–H and O–H groups in total. The highest BCUT2D eigenvalue weighted by Crippen LogP contribution is 2.30. The van der Waals surface area contributed by atoms with Gasteiger partial charge in [0.05, 0.1) is 5.70 Å². The number of aryl methyl sites for hydroxylation is 1. The van der Waals surface area contributed by atoms with Crippen LogP contribution in [0.15, 0.2) is 83.9 Å². The molecule has 0 spiro atoms. The number of allylic oxidation sites excluding steroid dienone is 4. The van der Waals surface area contributed by atoms with Crippen LogP contribution in [-0.4, -0.2) is 5.71 Å². The van der Waals surface area contributed by atoms with Crippen LogP contribution in [0.25, 0.3) is 16.8 Å². The van der Waals surface area contributed by atoms with Gasteiger partial charge in [0, 0.05) is 11.3 Å². The minimum atomic E-state index is 0.825. The highest BCUT2D eigenvalue weighted by molar-refractivity contribution is 6.02. The summed E-state index contributed by atoms with van der Waals surface area (Å²) in [6.07, 6.45) is 8.61. The molecule has 0 radical (unpaired) electrons. The first kappa shape index (κ1) is 16.2. The highest BCUT2D eigenvalue weighted by Gasteiger charge is 2.10. The number of nitrogens with zero attached hydrogens (tertiary/aromatic N) is 1. The van der Waals surface area contributed by atoms with Crippen LogP contribution in [0.5, 0.6) is 0 Å². The lowest BCUT2D eigenvalue weighted by atomic mass is 9.96. The molecule has 0 saturated carbocycles. The van der Waals surface area contributed by atoms with Gasteiger partial charge in [-0.25, -0.2) is 0 Å². The second-order valence-electron chi connectivity index (χ2n) is 6.22. The average Bonchev–Trinajstić information content (AvgIpc) is 2.63. The number of hydrogen-bond donors (Lipinski definition) is 0. The van der Waals surface area contributed by atoms with Crippen molar-refractivity contribution in [3.63, 3.8) is 0 Å². The van der Waals surface area contributed by atoms with Crippen LogP contribution < -0.4 is 0 Å². The van der Waals surface area contributed by atoms with E-state index >= 15 is 0 Å². The van der Waals surface area contributed by atoms with E-state index in [9.17, 15) is 0 Å². The van der Waals surface area contributed by atoms with E-state index in [-0.39, 0.29) is 0 Å². The Balaban J connectivity index is 1.99. The summed E-state index contributed by atoms with van der Waals surface area (Å²) < 4.78 is 0. The largest absolute Gasteiger partial charge is 0.253 e. The Bertz CT molecular complexity index is 836. The first-order chi connectivity index (χ1) is 11.6. The quantitative estimate of drug-likeness (QED) is 0.581. The van der Waals surface area contributed by atoms with Gasteiger partial charge >= 0.3 is 0 Å². The maximum Gasteiger partial charge on any atom is 0.0639 e. The molecule has 0 bridgehead atoms. The fraction of sp³-hybridized carbons (Fsp3) is 0.174. The van der Waals surface area contributed by atoms with Crippen molar-refractivity contribution in [2.24, 2.45) is 4.99 Å². The van der Waals surface area contributed by atoms with Crippen LogP contribution in [0.3, 0.4) is 0 Å². The van der Waals surface area contributed by atoms with Gasteiger partial charge in [-0.1, -0.05) is 72.8 Å². The van der Waals surface area contributed by atoms with E-state index in [1.807, 2.05) is 6.07 Å². The standard InChI is InChI=1S/C23H23N/c1-17-14-15-22(21-12-8-5-9-13-21)23(16-17)19(3)24-18(2)20-10-6-4-7-11-20/h4-6,8-10,12-16H,3,7,11H2,1-2H3. The molecule has 24 heavy (non-hydrogen) atoms. The second kappa shape index (κ2) is 7.27. The monoisotopic (exact) mass is 313 g/mol. The Labute approximate surface area is 144 Å². The Morgan fingerprint density at radius 1 is 1.08 bits per heavy atom. The van der Waals surface area contributed by atoms with Crippen molar-refractivity contribution in [3.05, 3.63) is 90.0 Å². The van der Waals surface area contributed by atoms with E-state index in [1.54, 1.807) is 0 Å². The van der Waals surface area contributed by atoms with E-state index in [2.05, 4.69) is 81.1 Å². The fourth-order valence-corrected chi connectivity index (χ4v) is 3.00. The molecule has 0 unspecified atom stereocenters. The summed E-state index contributed by atoms with van der Waals surface area (Å²) in [5.41, 5.74) is 7.88. The Kier molecular flexibility index (Phi) is 4.90. The molecule has 0 heterocycles. The lowest BCUT2D eigenvalue weighted by molar-refractivity contribution is 1.00. The maximum absolute atomic E-state index is 4.82. The summed E-state index contributed by atoms with van der Waals surface area (Å²) in [6.45, 7) is 8.44. The lowest BCUT2D eigenvalue weighted by Gasteiger charge is -2.13. The Morgan fingerprint density at radius 2 is 1.88 bits per heavy atom. The molecule has 1 aliphatic carbocycles. The molecule has 1 heteroatoms. The van der Waals surface area contributed by atoms with Crippen LogP contribution in [0.2, 0.25) is 0 Å². The van der Waals surface area contributed by atoms with Gasteiger partial charge in [0.25, 0.3) is 0 Å². The zero-order valence-electron chi connectivity index (χ0n) is 14.4. The predicted octanol–water partition coefficient (Wildman–Crippen LogP) is 6.37. The van der Waals surface area contributed by atoms with E-state index in [1.165, 1.54) is 22.3 Å². The number of benzene rings is 2. The fourth-order valence-electron chi connectivity index (χ4n) is 3.00. The minimum Gasteiger partial charge on any atom is -0.253 e. The van der Waals surface area contributed by atoms with E-state index in [4.69, 9.17) is 4.99 Å². The Hall–Kier alpha value is -2.67. The summed E-state index contributed by atoms with van der Waals surface area (Å²) in [5.74, 6) is 0. The predicted molar refractivity (Wildman–Crippen MR) is 105 cm³/mol. The molecule has 2 aromatic carbocycles. The van der Waals surface area contributed by atoms with Gasteiger partial charge in [-0.05, 0) is 49.5 Å². The van der Waals surface area contributed by atoms with Gasteiger partial charge in [0.2, 0.25) is 0 Å². The topological polar surface area (TPSA) is 12.4 Å². The molecule has 120 valence electrons. The van der Waals surface area contributed by atoms with Gasteiger partial charge in [-0.15, -0.1) is 0 Å². The van der Waals surface area contributed by atoms with E-state index in [0.717, 1.165) is 29.8 Å². The van der Waals surface area contributed by atoms with Crippen molar-refractivity contribution in [1.29, 1.82) is 0 Å². The average molecular weight is 313 g/mol. The maximum atomic E-state index is 4.82. The number of rotatable bonds is 4. The third-order valence-corrected chi connectivity index (χ3v) is 4.35. The van der Waals surface area contributed by atoms with Crippen LogP contribution in [-0.2, 0) is 0 Å². The molecule has 3 rings (SSSR count). The highest BCUT2D eigenvalue weighted by atomic mass is 14.8. The first-order valence-electron chi connectivity index (χ1n) is 8.42. The van der Waals surface area contributed by atoms with Crippen LogP contribution in [0, 0.1) is 6.92 Å². The smallest absolute Gasteiger partial charge is 0.0639 e. The third kappa shape index (κ3) is 3.62. The Morgan fingerprint density at radius 3 is 2.58 bits per heavy atom. The van der Waals surface area contributed by atoms with Crippen molar-refractivity contribution < 1.29 is 0 Å². The molecule has 0 saturated heterocycles. The molecule has 1 nitrogen and oxygen atoms in total. The van der Waals surface area contributed by atoms with E-state index in [0.29, 0.717) is 0 Å². The zero-order valence-corrected chi connectivity index (χ0v) is 14.4. The van der Waals surface area contributed by atoms with Gasteiger partial charge in [-0.3, -0.25) is 4.99 Å². The van der Waals surface area contributed by atoms with Crippen molar-refractivity contribution in [1.82, 2.24) is 0 Å². The SMILES string of the molecule is C=C(N=C(C)C1=CC=CCC1)c1cc(C)ccc1-c1ccccc1. The molecule has 0 aliphatic heterocycles. The summed E-state index contributed by atoms with van der Waals surface area (Å²) >= 11 is 0. The van der Waals surface area contributed by atoms with Crippen LogP contribution in [0.1, 0.15) is 30.9 Å². The van der Waals surface area contributed by atoms with Crippen molar-refractivity contribution in [3.8, 4) is 11.1 Å². The third-order valence-electron chi connectivity index (χ3n) is 4.35. The van der Waals surface area contributed by atoms with Crippen LogP contribution in [0.4, 0.5) is 0 Å². The molecule has 0 fully saturated rings. The molecule has 0 atom stereocenters. The summed E-state index contributed by atoms with van der Waals surface area (Å²) in [4.78, 5) is 4.82. The second-order valence-corrected chi connectivity index (χ2v) is 6.22. The van der Waals surface area contributed by atoms with Crippen molar-refractivity contribution in [2.75, 3.05) is 0 Å². The van der Waals surface area contributed by atoms with E-state index < -0.39 is 0 Å². The molecule has 0 aromatic heterocycles. The zero-order chi connectivity index (χ0) is 16.9. The molecule has 2 aromatic rings. The molecule has 1 aliphatic rings. The number of aliphatic imine (C=N–C) groups is 1. The van der Waals surface area contributed by atoms with Crippen molar-refractivity contribution >= 4 is 11.4 Å². The lowest BCUT2D eigenvalue weighted by Crippen LogP contribution is -2.00. The van der Waals surface area contributed by atoms with Gasteiger partial charge in [0.15, 0.2) is 0 Å². The van der Waals surface area contributed by atoms with Gasteiger partial charge < -0.3 is 0 Å². The summed E-state index contributed by atoms with van der Waals surface area (Å²) in [7, 11) is 0. The number of hydrogen-bond acceptors (Lipinski definition) is 1. The van der Waals surface area contributed by atoms with Crippen molar-refractivity contribution in [2.45, 2.75) is 26.7 Å². The first-order valence-corrected chi connectivity index (χ1v) is 8.42. The summed E-state index contributed by atoms with van der Waals surface area (Å²) in [6, 6.07) is 16.9. The van der Waals surface area contributed by atoms with Gasteiger partial charge in [0.1, 0.15) is 0 Å². The summed E-state index contributed by atoms with van der Waals surface area (Å²) in [5, 5.41) is 0. The van der Waals surface area contributed by atoms with Crippen LogP contribution >= 0.6 is 0 Å². The normalized spacial score (nSPS) is 14.4.